The lowest BCUT2D eigenvalue weighted by molar-refractivity contribution is -0.137. The van der Waals surface area contributed by atoms with Crippen molar-refractivity contribution in [2.75, 3.05) is 7.11 Å². The van der Waals surface area contributed by atoms with E-state index in [0.29, 0.717) is 12.8 Å². The molecule has 1 aliphatic heterocycles. The maximum absolute atomic E-state index is 12.4. The van der Waals surface area contributed by atoms with Crippen LogP contribution in [0.1, 0.15) is 25.7 Å². The van der Waals surface area contributed by atoms with Crippen molar-refractivity contribution < 1.29 is 44.8 Å². The molecule has 128 valence electrons. The number of esters is 2. The van der Waals surface area contributed by atoms with E-state index in [-0.39, 0.29) is 29.7 Å². The number of hydrogen-bond donors (Lipinski definition) is 0. The Morgan fingerprint density at radius 2 is 1.83 bits per heavy atom. The summed E-state index contributed by atoms with van der Waals surface area (Å²) in [5.74, 6) is -3.56. The summed E-state index contributed by atoms with van der Waals surface area (Å²) in [6, 6.07) is 0. The van der Waals surface area contributed by atoms with Crippen molar-refractivity contribution in [3.05, 3.63) is 22.7 Å². The smallest absolute Gasteiger partial charge is 0.466 e. The Bertz CT molecular complexity index is 715. The third-order valence-electron chi connectivity index (χ3n) is 3.21. The lowest BCUT2D eigenvalue weighted by Crippen LogP contribution is -2.26. The van der Waals surface area contributed by atoms with Crippen LogP contribution < -0.4 is 0 Å². The molecule has 0 unspecified atom stereocenters. The summed E-state index contributed by atoms with van der Waals surface area (Å²) in [7, 11) is -4.93. The lowest BCUT2D eigenvalue weighted by Gasteiger charge is -2.09. The molecule has 0 atom stereocenters. The monoisotopic (exact) mass is 356 g/mol. The van der Waals surface area contributed by atoms with E-state index in [1.807, 2.05) is 0 Å². The van der Waals surface area contributed by atoms with E-state index in [1.165, 1.54) is 0 Å². The molecule has 1 heterocycles. The molecular weight excluding hydrogens is 345 g/mol. The van der Waals surface area contributed by atoms with Gasteiger partial charge in [-0.1, -0.05) is 0 Å². The number of ether oxygens (including phenoxy) is 2. The van der Waals surface area contributed by atoms with Gasteiger partial charge >= 0.3 is 27.6 Å². The maximum Gasteiger partial charge on any atom is 0.534 e. The number of alkyl halides is 3. The minimum absolute atomic E-state index is 0.0320. The van der Waals surface area contributed by atoms with Gasteiger partial charge in [0, 0.05) is 5.57 Å². The number of hydrogen-bond acceptors (Lipinski definition) is 7. The first-order chi connectivity index (χ1) is 10.6. The molecule has 11 heteroatoms. The van der Waals surface area contributed by atoms with Gasteiger partial charge in [0.1, 0.15) is 5.76 Å². The van der Waals surface area contributed by atoms with E-state index in [2.05, 4.69) is 8.92 Å². The Kier molecular flexibility index (Phi) is 4.42. The predicted octanol–water partition coefficient (Wildman–Crippen LogP) is 1.66. The molecule has 0 radical (unpaired) electrons. The average molecular weight is 356 g/mol. The molecule has 0 N–H and O–H groups in total. The number of carbonyl (C=O) groups excluding carboxylic acids is 2. The molecule has 0 aromatic heterocycles. The summed E-state index contributed by atoms with van der Waals surface area (Å²) >= 11 is 0. The molecule has 0 saturated heterocycles. The van der Waals surface area contributed by atoms with Gasteiger partial charge in [0.25, 0.3) is 0 Å². The van der Waals surface area contributed by atoms with Crippen LogP contribution >= 0.6 is 0 Å². The highest BCUT2D eigenvalue weighted by Crippen LogP contribution is 2.39. The molecule has 0 fully saturated rings. The third kappa shape index (κ3) is 3.19. The largest absolute Gasteiger partial charge is 0.534 e. The second-order valence-corrected chi connectivity index (χ2v) is 6.22. The van der Waals surface area contributed by atoms with Crippen molar-refractivity contribution in [3.8, 4) is 0 Å². The molecule has 0 bridgehead atoms. The van der Waals surface area contributed by atoms with Crippen LogP contribution in [0.25, 0.3) is 0 Å². The van der Waals surface area contributed by atoms with Crippen molar-refractivity contribution in [3.63, 3.8) is 0 Å². The molecule has 7 nitrogen and oxygen atoms in total. The molecule has 0 aromatic rings. The Labute approximate surface area is 128 Å². The molecule has 2 aliphatic rings. The van der Waals surface area contributed by atoms with Crippen LogP contribution in [0.2, 0.25) is 0 Å². The van der Waals surface area contributed by atoms with Crippen molar-refractivity contribution in [2.24, 2.45) is 0 Å². The normalized spacial score (nSPS) is 19.2. The van der Waals surface area contributed by atoms with Gasteiger partial charge in [-0.2, -0.15) is 21.6 Å². The molecule has 2 rings (SSSR count). The highest BCUT2D eigenvalue weighted by Gasteiger charge is 2.51. The average Bonchev–Trinajstić information content (AvgIpc) is 2.62. The molecule has 0 saturated carbocycles. The maximum atomic E-state index is 12.4. The summed E-state index contributed by atoms with van der Waals surface area (Å²) in [6.07, 6.45) is 1.09. The van der Waals surface area contributed by atoms with Gasteiger partial charge in [0.05, 0.1) is 12.7 Å². The van der Waals surface area contributed by atoms with Crippen molar-refractivity contribution >= 4 is 22.1 Å². The number of halogens is 3. The molecule has 1 aliphatic carbocycles. The molecule has 0 aromatic carbocycles. The predicted molar refractivity (Wildman–Crippen MR) is 66.7 cm³/mol. The van der Waals surface area contributed by atoms with Gasteiger partial charge < -0.3 is 13.7 Å². The molecule has 0 spiro atoms. The first-order valence-electron chi connectivity index (χ1n) is 6.36. The first-order valence-corrected chi connectivity index (χ1v) is 7.77. The number of methoxy groups -OCH3 is 1. The molecule has 0 amide bonds. The van der Waals surface area contributed by atoms with E-state index >= 15 is 0 Å². The van der Waals surface area contributed by atoms with E-state index in [0.717, 1.165) is 7.11 Å². The topological polar surface area (TPSA) is 96.0 Å². The minimum Gasteiger partial charge on any atom is -0.466 e. The molecule has 23 heavy (non-hydrogen) atoms. The van der Waals surface area contributed by atoms with E-state index in [9.17, 15) is 31.2 Å². The summed E-state index contributed by atoms with van der Waals surface area (Å²) in [6.45, 7) is 0. The quantitative estimate of drug-likeness (QED) is 0.431. The Morgan fingerprint density at radius 1 is 1.22 bits per heavy atom. The van der Waals surface area contributed by atoms with Crippen LogP contribution in [0.4, 0.5) is 13.2 Å². The highest BCUT2D eigenvalue weighted by atomic mass is 32.2. The zero-order valence-electron chi connectivity index (χ0n) is 11.7. The molecular formula is C12H11F3O7S. The summed E-state index contributed by atoms with van der Waals surface area (Å²) < 4.78 is 72.6. The standard InChI is InChI=1S/C12H11F3O7S/c1-20-10(16)7-5-3-2-4-6-8(7)21-11(17)9(6)22-23(18,19)12(13,14)15/h2-5H2,1H3. The van der Waals surface area contributed by atoms with Crippen molar-refractivity contribution in [1.82, 2.24) is 0 Å². The number of fused-ring (bicyclic) bond motifs is 1. The van der Waals surface area contributed by atoms with Crippen LogP contribution in [0.3, 0.4) is 0 Å². The number of carbonyl (C=O) groups is 2. The third-order valence-corrected chi connectivity index (χ3v) is 4.17. The second kappa shape index (κ2) is 5.87. The zero-order valence-corrected chi connectivity index (χ0v) is 12.5. The van der Waals surface area contributed by atoms with Gasteiger partial charge in [0.2, 0.25) is 5.76 Å². The second-order valence-electron chi connectivity index (χ2n) is 4.69. The number of rotatable bonds is 3. The van der Waals surface area contributed by atoms with Crippen LogP contribution in [0.5, 0.6) is 0 Å². The van der Waals surface area contributed by atoms with Gasteiger partial charge in [-0.05, 0) is 25.7 Å². The van der Waals surface area contributed by atoms with Crippen LogP contribution in [-0.4, -0.2) is 33.0 Å². The Morgan fingerprint density at radius 3 is 2.39 bits per heavy atom. The minimum atomic E-state index is -6.02. The fraction of sp³-hybridized carbons (Fsp3) is 0.500. The highest BCUT2D eigenvalue weighted by molar-refractivity contribution is 7.87. The van der Waals surface area contributed by atoms with Crippen LogP contribution in [-0.2, 0) is 33.4 Å². The first kappa shape index (κ1) is 17.3. The van der Waals surface area contributed by atoms with Crippen molar-refractivity contribution in [2.45, 2.75) is 31.2 Å². The van der Waals surface area contributed by atoms with Gasteiger partial charge in [0.15, 0.2) is 0 Å². The SMILES string of the molecule is COC(=O)C1=C2OC(=O)C(OS(=O)(=O)C(F)(F)F)=C2CCCC1. The Hall–Kier alpha value is -2.04. The van der Waals surface area contributed by atoms with E-state index in [4.69, 9.17) is 4.74 Å². The van der Waals surface area contributed by atoms with Crippen LogP contribution in [0, 0.1) is 0 Å². The Balaban J connectivity index is 2.52. The summed E-state index contributed by atoms with van der Waals surface area (Å²) in [5.41, 5.74) is -5.92. The van der Waals surface area contributed by atoms with E-state index < -0.39 is 33.3 Å². The van der Waals surface area contributed by atoms with Gasteiger partial charge in [-0.3, -0.25) is 0 Å². The van der Waals surface area contributed by atoms with E-state index in [1.54, 1.807) is 0 Å². The van der Waals surface area contributed by atoms with Gasteiger partial charge in [-0.15, -0.1) is 0 Å². The summed E-state index contributed by atoms with van der Waals surface area (Å²) in [5, 5.41) is 0. The summed E-state index contributed by atoms with van der Waals surface area (Å²) in [4.78, 5) is 23.4. The lowest BCUT2D eigenvalue weighted by atomic mass is 10.1. The van der Waals surface area contributed by atoms with Gasteiger partial charge in [-0.25, -0.2) is 9.59 Å². The van der Waals surface area contributed by atoms with Crippen LogP contribution in [0.15, 0.2) is 22.7 Å². The zero-order chi connectivity index (χ0) is 17.4. The van der Waals surface area contributed by atoms with Crippen molar-refractivity contribution in [1.29, 1.82) is 0 Å². The number of allylic oxidation sites excluding steroid dienone is 1. The fourth-order valence-corrected chi connectivity index (χ4v) is 2.66. The fourth-order valence-electron chi connectivity index (χ4n) is 2.17.